The molecule has 0 saturated carbocycles. The molecule has 1 fully saturated rings. The van der Waals surface area contributed by atoms with E-state index in [0.717, 1.165) is 54.5 Å². The maximum absolute atomic E-state index is 6.06. The van der Waals surface area contributed by atoms with Crippen molar-refractivity contribution in [1.29, 1.82) is 0 Å². The lowest BCUT2D eigenvalue weighted by molar-refractivity contribution is 0.380. The summed E-state index contributed by atoms with van der Waals surface area (Å²) in [5.41, 5.74) is 8.18. The van der Waals surface area contributed by atoms with Crippen molar-refractivity contribution < 1.29 is 4.52 Å². The Morgan fingerprint density at radius 3 is 2.74 bits per heavy atom. The van der Waals surface area contributed by atoms with Crippen LogP contribution in [-0.4, -0.2) is 40.6 Å². The molecule has 2 rings (SSSR count). The topological polar surface area (TPSA) is 67.6 Å². The number of nitrogens with two attached hydrogens (primary N) is 1. The summed E-state index contributed by atoms with van der Waals surface area (Å²) in [6.45, 7) is 6.70. The van der Waals surface area contributed by atoms with Crippen molar-refractivity contribution in [2.24, 2.45) is 10.7 Å². The number of nitrogens with zero attached hydrogens (tertiary/aromatic N) is 3. The van der Waals surface area contributed by atoms with E-state index in [9.17, 15) is 0 Å². The Bertz CT molecular complexity index is 416. The summed E-state index contributed by atoms with van der Waals surface area (Å²) < 4.78 is 5.34. The molecule has 1 aromatic rings. The molecule has 0 atom stereocenters. The highest BCUT2D eigenvalue weighted by Crippen LogP contribution is 2.17. The van der Waals surface area contributed by atoms with E-state index in [1.165, 1.54) is 0 Å². The number of aliphatic imine (C=N–C) groups is 1. The van der Waals surface area contributed by atoms with Crippen LogP contribution in [0.5, 0.6) is 0 Å². The highest BCUT2D eigenvalue weighted by atomic mass is 32.2. The Hall–Kier alpha value is -1.17. The lowest BCUT2D eigenvalue weighted by atomic mass is 10.1. The molecule has 0 radical (unpaired) electrons. The highest BCUT2D eigenvalue weighted by molar-refractivity contribution is 7.99. The van der Waals surface area contributed by atoms with Gasteiger partial charge < -0.3 is 15.2 Å². The minimum Gasteiger partial charge on any atom is -0.370 e. The lowest BCUT2D eigenvalue weighted by Crippen LogP contribution is -2.42. The van der Waals surface area contributed by atoms with Crippen molar-refractivity contribution in [3.8, 4) is 0 Å². The second-order valence-electron chi connectivity index (χ2n) is 4.51. The first-order valence-electron chi connectivity index (χ1n) is 6.85. The van der Waals surface area contributed by atoms with Gasteiger partial charge in [-0.2, -0.15) is 11.8 Å². The third-order valence-corrected chi connectivity index (χ3v) is 4.28. The van der Waals surface area contributed by atoms with Gasteiger partial charge in [-0.05, 0) is 6.42 Å². The van der Waals surface area contributed by atoms with Crippen LogP contribution in [0.4, 0.5) is 0 Å². The molecule has 106 valence electrons. The third kappa shape index (κ3) is 3.43. The first-order valence-corrected chi connectivity index (χ1v) is 8.00. The predicted octanol–water partition coefficient (Wildman–Crippen LogP) is 1.66. The Balaban J connectivity index is 2.05. The summed E-state index contributed by atoms with van der Waals surface area (Å²) in [6.07, 6.45) is 1.72. The third-order valence-electron chi connectivity index (χ3n) is 3.34. The van der Waals surface area contributed by atoms with Crippen molar-refractivity contribution in [1.82, 2.24) is 10.1 Å². The largest absolute Gasteiger partial charge is 0.370 e. The number of rotatable bonds is 4. The fraction of sp³-hybridized carbons (Fsp3) is 0.692. The second kappa shape index (κ2) is 6.84. The van der Waals surface area contributed by atoms with Crippen molar-refractivity contribution in [2.75, 3.05) is 24.6 Å². The van der Waals surface area contributed by atoms with E-state index in [-0.39, 0.29) is 0 Å². The van der Waals surface area contributed by atoms with Crippen LogP contribution in [0.2, 0.25) is 0 Å². The Kier molecular flexibility index (Phi) is 5.13. The molecule has 0 aromatic carbocycles. The van der Waals surface area contributed by atoms with Gasteiger partial charge in [0.25, 0.3) is 0 Å². The molecule has 1 aromatic heterocycles. The average molecular weight is 282 g/mol. The maximum atomic E-state index is 6.06. The monoisotopic (exact) mass is 282 g/mol. The minimum atomic E-state index is 0.575. The molecule has 0 amide bonds. The summed E-state index contributed by atoms with van der Waals surface area (Å²) >= 11 is 1.97. The molecule has 5 nitrogen and oxygen atoms in total. The first kappa shape index (κ1) is 14.2. The lowest BCUT2D eigenvalue weighted by Gasteiger charge is -2.27. The Labute approximate surface area is 118 Å². The molecule has 0 aliphatic carbocycles. The van der Waals surface area contributed by atoms with Crippen LogP contribution in [0.25, 0.3) is 0 Å². The zero-order chi connectivity index (χ0) is 13.7. The fourth-order valence-corrected chi connectivity index (χ4v) is 3.07. The number of thioether (sulfide) groups is 1. The molecule has 0 unspecified atom stereocenters. The summed E-state index contributed by atoms with van der Waals surface area (Å²) in [7, 11) is 0. The first-order chi connectivity index (χ1) is 9.26. The number of aryl methyl sites for hydroxylation is 2. The van der Waals surface area contributed by atoms with Gasteiger partial charge in [0.1, 0.15) is 5.76 Å². The van der Waals surface area contributed by atoms with Gasteiger partial charge in [0.05, 0.1) is 12.2 Å². The van der Waals surface area contributed by atoms with Crippen LogP contribution in [0.15, 0.2) is 9.52 Å². The number of hydrogen-bond donors (Lipinski definition) is 1. The van der Waals surface area contributed by atoms with E-state index in [1.54, 1.807) is 0 Å². The highest BCUT2D eigenvalue weighted by Gasteiger charge is 2.15. The van der Waals surface area contributed by atoms with Gasteiger partial charge >= 0.3 is 0 Å². The van der Waals surface area contributed by atoms with Gasteiger partial charge in [-0.1, -0.05) is 19.0 Å². The summed E-state index contributed by atoms with van der Waals surface area (Å²) in [5, 5.41) is 4.09. The second-order valence-corrected chi connectivity index (χ2v) is 5.74. The molecule has 6 heteroatoms. The number of guanidine groups is 1. The van der Waals surface area contributed by atoms with Crippen molar-refractivity contribution in [3.05, 3.63) is 17.0 Å². The molecule has 1 aliphatic rings. The molecule has 1 saturated heterocycles. The van der Waals surface area contributed by atoms with E-state index in [2.05, 4.69) is 28.9 Å². The van der Waals surface area contributed by atoms with Crippen LogP contribution in [0.1, 0.15) is 30.9 Å². The average Bonchev–Trinajstić information content (AvgIpc) is 2.87. The van der Waals surface area contributed by atoms with Crippen LogP contribution in [-0.2, 0) is 19.4 Å². The number of aromatic nitrogens is 1. The molecular formula is C13H22N4OS. The maximum Gasteiger partial charge on any atom is 0.191 e. The van der Waals surface area contributed by atoms with Gasteiger partial charge in [0.2, 0.25) is 0 Å². The van der Waals surface area contributed by atoms with Crippen LogP contribution in [0.3, 0.4) is 0 Å². The zero-order valence-corrected chi connectivity index (χ0v) is 12.5. The standard InChI is InChI=1S/C13H22N4OS/c1-3-11-10(12(4-2)18-16-11)9-15-13(14)17-5-7-19-8-6-17/h3-9H2,1-2H3,(H2,14,15). The summed E-state index contributed by atoms with van der Waals surface area (Å²) in [5.74, 6) is 3.83. The quantitative estimate of drug-likeness (QED) is 0.672. The normalized spacial score (nSPS) is 16.9. The van der Waals surface area contributed by atoms with Gasteiger partial charge in [0, 0.05) is 36.6 Å². The fourth-order valence-electron chi connectivity index (χ4n) is 2.17. The minimum absolute atomic E-state index is 0.575. The molecule has 2 N–H and O–H groups in total. The van der Waals surface area contributed by atoms with Gasteiger partial charge in [0.15, 0.2) is 5.96 Å². The SMILES string of the molecule is CCc1noc(CC)c1CN=C(N)N1CCSCC1. The molecule has 0 bridgehead atoms. The van der Waals surface area contributed by atoms with Crippen LogP contribution >= 0.6 is 11.8 Å². The van der Waals surface area contributed by atoms with Gasteiger partial charge in [-0.3, -0.25) is 0 Å². The predicted molar refractivity (Wildman–Crippen MR) is 79.5 cm³/mol. The molecule has 2 heterocycles. The van der Waals surface area contributed by atoms with E-state index in [1.807, 2.05) is 11.8 Å². The van der Waals surface area contributed by atoms with Crippen molar-refractivity contribution >= 4 is 17.7 Å². The van der Waals surface area contributed by atoms with Crippen molar-refractivity contribution in [2.45, 2.75) is 33.2 Å². The molecule has 0 spiro atoms. The summed E-state index contributed by atoms with van der Waals surface area (Å²) in [6, 6.07) is 0. The molecule has 1 aliphatic heterocycles. The van der Waals surface area contributed by atoms with Crippen LogP contribution < -0.4 is 5.73 Å². The van der Waals surface area contributed by atoms with Crippen LogP contribution in [0, 0.1) is 0 Å². The Morgan fingerprint density at radius 2 is 2.11 bits per heavy atom. The smallest absolute Gasteiger partial charge is 0.191 e. The zero-order valence-electron chi connectivity index (χ0n) is 11.7. The van der Waals surface area contributed by atoms with E-state index in [4.69, 9.17) is 10.3 Å². The number of hydrogen-bond acceptors (Lipinski definition) is 4. The van der Waals surface area contributed by atoms with E-state index < -0.39 is 0 Å². The Morgan fingerprint density at radius 1 is 1.37 bits per heavy atom. The molecular weight excluding hydrogens is 260 g/mol. The van der Waals surface area contributed by atoms with Crippen molar-refractivity contribution in [3.63, 3.8) is 0 Å². The van der Waals surface area contributed by atoms with E-state index in [0.29, 0.717) is 12.5 Å². The van der Waals surface area contributed by atoms with E-state index >= 15 is 0 Å². The van der Waals surface area contributed by atoms with Gasteiger partial charge in [-0.25, -0.2) is 4.99 Å². The summed E-state index contributed by atoms with van der Waals surface area (Å²) in [4.78, 5) is 6.67. The molecule has 19 heavy (non-hydrogen) atoms. The van der Waals surface area contributed by atoms with Gasteiger partial charge in [-0.15, -0.1) is 0 Å².